The molecule has 10 heteroatoms. The first kappa shape index (κ1) is 24.1. The topological polar surface area (TPSA) is 102 Å². The minimum Gasteiger partial charge on any atom is -0.469 e. The number of esters is 1. The van der Waals surface area contributed by atoms with E-state index in [1.165, 1.54) is 25.3 Å². The third-order valence-corrected chi connectivity index (χ3v) is 6.30. The minimum atomic E-state index is -3.82. The molecule has 2 rings (SSSR count). The lowest BCUT2D eigenvalue weighted by Gasteiger charge is -2.19. The van der Waals surface area contributed by atoms with Gasteiger partial charge >= 0.3 is 5.97 Å². The van der Waals surface area contributed by atoms with E-state index in [0.717, 1.165) is 0 Å². The second-order valence-corrected chi connectivity index (χ2v) is 9.33. The van der Waals surface area contributed by atoms with Gasteiger partial charge in [-0.25, -0.2) is 13.1 Å². The third-order valence-electron chi connectivity index (χ3n) is 4.06. The van der Waals surface area contributed by atoms with Crippen LogP contribution in [0.4, 0.5) is 0 Å². The van der Waals surface area contributed by atoms with E-state index in [-0.39, 0.29) is 27.9 Å². The molecule has 0 aliphatic carbocycles. The fraction of sp³-hybridized carbons (Fsp3) is 0.300. The van der Waals surface area contributed by atoms with Gasteiger partial charge in [-0.1, -0.05) is 35.3 Å². The standard InChI is InChI=1S/C20H22Cl2N2O5S/c1-12(2)24-30(27,28)15-8-9-17(22)16(10-15)20(26)23-18(11-19(25)29-3)13-4-6-14(21)7-5-13/h4-10,12,18,24H,11H2,1-3H3,(H,23,26). The Balaban J connectivity index is 2.36. The van der Waals surface area contributed by atoms with Crippen LogP contribution in [0.2, 0.25) is 10.0 Å². The number of carbonyl (C=O) groups is 2. The van der Waals surface area contributed by atoms with Crippen LogP contribution < -0.4 is 10.0 Å². The molecule has 0 aliphatic heterocycles. The Hall–Kier alpha value is -2.13. The van der Waals surface area contributed by atoms with Crippen molar-refractivity contribution in [2.75, 3.05) is 7.11 Å². The SMILES string of the molecule is COC(=O)CC(NC(=O)c1cc(S(=O)(=O)NC(C)C)ccc1Cl)c1ccc(Cl)cc1. The van der Waals surface area contributed by atoms with E-state index >= 15 is 0 Å². The largest absolute Gasteiger partial charge is 0.469 e. The number of sulfonamides is 1. The van der Waals surface area contributed by atoms with Crippen LogP contribution in [0.5, 0.6) is 0 Å². The maximum atomic E-state index is 12.9. The molecule has 0 radical (unpaired) electrons. The van der Waals surface area contributed by atoms with E-state index < -0.39 is 27.9 Å². The van der Waals surface area contributed by atoms with Gasteiger partial charge in [-0.2, -0.15) is 0 Å². The average Bonchev–Trinajstić information content (AvgIpc) is 2.67. The van der Waals surface area contributed by atoms with Crippen molar-refractivity contribution >= 4 is 45.1 Å². The number of hydrogen-bond donors (Lipinski definition) is 2. The van der Waals surface area contributed by atoms with Crippen molar-refractivity contribution in [2.24, 2.45) is 0 Å². The minimum absolute atomic E-state index is 0.0351. The van der Waals surface area contributed by atoms with Gasteiger partial charge in [0.25, 0.3) is 5.91 Å². The van der Waals surface area contributed by atoms with E-state index in [4.69, 9.17) is 27.9 Å². The Morgan fingerprint density at radius 2 is 1.70 bits per heavy atom. The summed E-state index contributed by atoms with van der Waals surface area (Å²) < 4.78 is 32.0. The fourth-order valence-electron chi connectivity index (χ4n) is 2.66. The number of amides is 1. The highest BCUT2D eigenvalue weighted by molar-refractivity contribution is 7.89. The Kier molecular flexibility index (Phi) is 8.25. The molecule has 0 heterocycles. The molecule has 0 fully saturated rings. The first-order valence-electron chi connectivity index (χ1n) is 8.98. The second kappa shape index (κ2) is 10.3. The molecule has 0 saturated carbocycles. The van der Waals surface area contributed by atoms with Gasteiger partial charge in [0, 0.05) is 11.1 Å². The van der Waals surface area contributed by atoms with E-state index in [0.29, 0.717) is 10.6 Å². The number of hydrogen-bond acceptors (Lipinski definition) is 5. The zero-order chi connectivity index (χ0) is 22.5. The van der Waals surface area contributed by atoms with Crippen LogP contribution in [0.15, 0.2) is 47.4 Å². The highest BCUT2D eigenvalue weighted by atomic mass is 35.5. The summed E-state index contributed by atoms with van der Waals surface area (Å²) in [7, 11) is -2.57. The van der Waals surface area contributed by atoms with Gasteiger partial charge < -0.3 is 10.1 Å². The number of ether oxygens (including phenoxy) is 1. The molecule has 162 valence electrons. The van der Waals surface area contributed by atoms with E-state index in [2.05, 4.69) is 10.0 Å². The predicted molar refractivity (Wildman–Crippen MR) is 115 cm³/mol. The molecule has 2 aromatic carbocycles. The van der Waals surface area contributed by atoms with Crippen molar-refractivity contribution in [1.82, 2.24) is 10.0 Å². The van der Waals surface area contributed by atoms with Crippen LogP contribution >= 0.6 is 23.2 Å². The van der Waals surface area contributed by atoms with Crippen molar-refractivity contribution < 1.29 is 22.7 Å². The number of carbonyl (C=O) groups excluding carboxylic acids is 2. The summed E-state index contributed by atoms with van der Waals surface area (Å²) >= 11 is 12.1. The highest BCUT2D eigenvalue weighted by Gasteiger charge is 2.23. The van der Waals surface area contributed by atoms with Gasteiger partial charge in [0.15, 0.2) is 0 Å². The Labute approximate surface area is 185 Å². The molecule has 7 nitrogen and oxygen atoms in total. The first-order valence-corrected chi connectivity index (χ1v) is 11.2. The summed E-state index contributed by atoms with van der Waals surface area (Å²) in [6.07, 6.45) is -0.131. The summed E-state index contributed by atoms with van der Waals surface area (Å²) in [4.78, 5) is 24.6. The lowest BCUT2D eigenvalue weighted by Crippen LogP contribution is -2.32. The molecular weight excluding hydrogens is 451 g/mol. The monoisotopic (exact) mass is 472 g/mol. The number of halogens is 2. The number of nitrogens with one attached hydrogen (secondary N) is 2. The number of methoxy groups -OCH3 is 1. The van der Waals surface area contributed by atoms with Crippen LogP contribution in [-0.4, -0.2) is 33.4 Å². The smallest absolute Gasteiger partial charge is 0.307 e. The zero-order valence-corrected chi connectivity index (χ0v) is 18.9. The Morgan fingerprint density at radius 3 is 2.27 bits per heavy atom. The van der Waals surface area contributed by atoms with Gasteiger partial charge in [0.1, 0.15) is 0 Å². The van der Waals surface area contributed by atoms with Crippen molar-refractivity contribution in [3.8, 4) is 0 Å². The van der Waals surface area contributed by atoms with Crippen LogP contribution in [0.1, 0.15) is 42.2 Å². The predicted octanol–water partition coefficient (Wildman–Crippen LogP) is 3.71. The third kappa shape index (κ3) is 6.43. The molecule has 1 amide bonds. The normalized spacial score (nSPS) is 12.5. The first-order chi connectivity index (χ1) is 14.0. The lowest BCUT2D eigenvalue weighted by atomic mass is 10.0. The van der Waals surface area contributed by atoms with Crippen LogP contribution in [-0.2, 0) is 19.6 Å². The summed E-state index contributed by atoms with van der Waals surface area (Å²) in [5.74, 6) is -1.16. The van der Waals surface area contributed by atoms with Crippen molar-refractivity contribution in [3.63, 3.8) is 0 Å². The molecular formula is C20H22Cl2N2O5S. The number of rotatable bonds is 8. The second-order valence-electron chi connectivity index (χ2n) is 6.78. The Bertz CT molecular complexity index is 1020. The van der Waals surface area contributed by atoms with Gasteiger partial charge in [-0.15, -0.1) is 0 Å². The van der Waals surface area contributed by atoms with E-state index in [1.807, 2.05) is 0 Å². The molecule has 1 unspecified atom stereocenters. The molecule has 0 aliphatic rings. The molecule has 0 aromatic heterocycles. The fourth-order valence-corrected chi connectivity index (χ4v) is 4.26. The summed E-state index contributed by atoms with van der Waals surface area (Å²) in [6.45, 7) is 3.37. The molecule has 0 spiro atoms. The zero-order valence-electron chi connectivity index (χ0n) is 16.6. The number of benzene rings is 2. The van der Waals surface area contributed by atoms with Crippen molar-refractivity contribution in [2.45, 2.75) is 37.2 Å². The van der Waals surface area contributed by atoms with Crippen LogP contribution in [0, 0.1) is 0 Å². The maximum Gasteiger partial charge on any atom is 0.307 e. The van der Waals surface area contributed by atoms with Crippen LogP contribution in [0.3, 0.4) is 0 Å². The quantitative estimate of drug-likeness (QED) is 0.570. The molecule has 30 heavy (non-hydrogen) atoms. The van der Waals surface area contributed by atoms with Crippen molar-refractivity contribution in [3.05, 3.63) is 63.6 Å². The molecule has 0 saturated heterocycles. The van der Waals surface area contributed by atoms with Gasteiger partial charge in [0.05, 0.1) is 35.1 Å². The molecule has 2 aromatic rings. The van der Waals surface area contributed by atoms with E-state index in [9.17, 15) is 18.0 Å². The molecule has 1 atom stereocenters. The van der Waals surface area contributed by atoms with E-state index in [1.54, 1.807) is 38.1 Å². The Morgan fingerprint density at radius 1 is 1.07 bits per heavy atom. The molecule has 2 N–H and O–H groups in total. The summed E-state index contributed by atoms with van der Waals surface area (Å²) in [5, 5.41) is 3.29. The van der Waals surface area contributed by atoms with Gasteiger partial charge in [-0.05, 0) is 49.7 Å². The highest BCUT2D eigenvalue weighted by Crippen LogP contribution is 2.24. The van der Waals surface area contributed by atoms with Gasteiger partial charge in [0.2, 0.25) is 10.0 Å². The summed E-state index contributed by atoms with van der Waals surface area (Å²) in [6, 6.07) is 9.40. The molecule has 0 bridgehead atoms. The lowest BCUT2D eigenvalue weighted by molar-refractivity contribution is -0.141. The van der Waals surface area contributed by atoms with Crippen LogP contribution in [0.25, 0.3) is 0 Å². The average molecular weight is 473 g/mol. The maximum absolute atomic E-state index is 12.9. The van der Waals surface area contributed by atoms with Gasteiger partial charge in [-0.3, -0.25) is 9.59 Å². The summed E-state index contributed by atoms with van der Waals surface area (Å²) in [5.41, 5.74) is 0.589. The van der Waals surface area contributed by atoms with Crippen molar-refractivity contribution in [1.29, 1.82) is 0 Å².